The lowest BCUT2D eigenvalue weighted by molar-refractivity contribution is -0.141. The Morgan fingerprint density at radius 2 is 1.79 bits per heavy atom. The Labute approximate surface area is 181 Å². The second-order valence-corrected chi connectivity index (χ2v) is 9.37. The summed E-state index contributed by atoms with van der Waals surface area (Å²) in [5.74, 6) is 0. The molecule has 2 fully saturated rings. The highest BCUT2D eigenvalue weighted by Crippen LogP contribution is 2.41. The van der Waals surface area contributed by atoms with Gasteiger partial charge in [-0.05, 0) is 36.7 Å². The van der Waals surface area contributed by atoms with Gasteiger partial charge in [0.25, 0.3) is 0 Å². The molecule has 2 aliphatic rings. The molecule has 162 valence electrons. The number of nitrogens with zero attached hydrogens (tertiary/aromatic N) is 4. The largest absolute Gasteiger partial charge is 0.444 e. The molecular weight excluding hydrogens is 477 g/mol. The van der Waals surface area contributed by atoms with Crippen LogP contribution in [0.2, 0.25) is 5.15 Å². The molecule has 3 heterocycles. The third kappa shape index (κ3) is 5.27. The third-order valence-corrected chi connectivity index (χ3v) is 5.84. The smallest absolute Gasteiger partial charge is 0.434 e. The van der Waals surface area contributed by atoms with Crippen molar-refractivity contribution in [3.8, 4) is 0 Å². The Morgan fingerprint density at radius 1 is 1.21 bits per heavy atom. The number of pyridine rings is 1. The molecule has 1 amide bonds. The Bertz CT molecular complexity index is 774. The highest BCUT2D eigenvalue weighted by molar-refractivity contribution is 9.10. The van der Waals surface area contributed by atoms with E-state index in [0.29, 0.717) is 45.0 Å². The minimum absolute atomic E-state index is 0.0948. The predicted octanol–water partition coefficient (Wildman–Crippen LogP) is 4.26. The lowest BCUT2D eigenvalue weighted by Gasteiger charge is -2.49. The van der Waals surface area contributed by atoms with Crippen molar-refractivity contribution in [1.82, 2.24) is 14.8 Å². The zero-order valence-electron chi connectivity index (χ0n) is 16.4. The van der Waals surface area contributed by atoms with E-state index in [-0.39, 0.29) is 21.8 Å². The van der Waals surface area contributed by atoms with E-state index >= 15 is 0 Å². The average Bonchev–Trinajstić information content (AvgIpc) is 2.54. The first-order valence-corrected chi connectivity index (χ1v) is 10.4. The number of carbonyl (C=O) groups is 1. The topological polar surface area (TPSA) is 48.9 Å². The zero-order chi connectivity index (χ0) is 21.6. The second kappa shape index (κ2) is 8.11. The van der Waals surface area contributed by atoms with Crippen LogP contribution in [0.1, 0.15) is 26.5 Å². The highest BCUT2D eigenvalue weighted by atomic mass is 79.9. The number of piperazine rings is 1. The van der Waals surface area contributed by atoms with E-state index in [2.05, 4.69) is 25.8 Å². The fourth-order valence-electron chi connectivity index (χ4n) is 3.38. The molecule has 0 spiro atoms. The molecule has 0 aromatic carbocycles. The SMILES string of the molecule is CC(C)(C)OC(=O)N1CCN(C2CN(c3cc(Cl)nc(C(F)(F)F)c3Br)C2)CC1. The van der Waals surface area contributed by atoms with Crippen LogP contribution in [0.3, 0.4) is 0 Å². The third-order valence-electron chi connectivity index (χ3n) is 4.86. The number of ether oxygens (including phenoxy) is 1. The summed E-state index contributed by atoms with van der Waals surface area (Å²) in [5.41, 5.74) is -1.16. The van der Waals surface area contributed by atoms with Crippen molar-refractivity contribution < 1.29 is 22.7 Å². The van der Waals surface area contributed by atoms with E-state index in [9.17, 15) is 18.0 Å². The maximum absolute atomic E-state index is 13.1. The van der Waals surface area contributed by atoms with Gasteiger partial charge in [0.2, 0.25) is 0 Å². The summed E-state index contributed by atoms with van der Waals surface area (Å²) < 4.78 is 44.7. The number of anilines is 1. The van der Waals surface area contributed by atoms with Gasteiger partial charge in [0, 0.05) is 51.4 Å². The van der Waals surface area contributed by atoms with E-state index in [4.69, 9.17) is 16.3 Å². The summed E-state index contributed by atoms with van der Waals surface area (Å²) >= 11 is 8.85. The molecule has 0 aliphatic carbocycles. The number of halogens is 5. The van der Waals surface area contributed by atoms with Crippen molar-refractivity contribution in [3.63, 3.8) is 0 Å². The maximum Gasteiger partial charge on any atom is 0.434 e. The fraction of sp³-hybridized carbons (Fsp3) is 0.667. The minimum atomic E-state index is -4.58. The molecule has 0 N–H and O–H groups in total. The van der Waals surface area contributed by atoms with Gasteiger partial charge in [-0.15, -0.1) is 0 Å². The van der Waals surface area contributed by atoms with Gasteiger partial charge in [-0.1, -0.05) is 11.6 Å². The molecule has 1 aromatic heterocycles. The predicted molar refractivity (Wildman–Crippen MR) is 107 cm³/mol. The van der Waals surface area contributed by atoms with Gasteiger partial charge < -0.3 is 14.5 Å². The first-order valence-electron chi connectivity index (χ1n) is 9.25. The Hall–Kier alpha value is -1.26. The van der Waals surface area contributed by atoms with Crippen LogP contribution in [0.4, 0.5) is 23.7 Å². The molecular formula is C18H23BrClF3N4O2. The van der Waals surface area contributed by atoms with Crippen LogP contribution in [0.15, 0.2) is 10.5 Å². The quantitative estimate of drug-likeness (QED) is 0.569. The molecule has 0 saturated carbocycles. The average molecular weight is 500 g/mol. The molecule has 1 aromatic rings. The summed E-state index contributed by atoms with van der Waals surface area (Å²) in [6.07, 6.45) is -4.90. The van der Waals surface area contributed by atoms with Crippen molar-refractivity contribution >= 4 is 39.3 Å². The van der Waals surface area contributed by atoms with Gasteiger partial charge in [0.05, 0.1) is 10.2 Å². The van der Waals surface area contributed by atoms with Crippen LogP contribution >= 0.6 is 27.5 Å². The summed E-state index contributed by atoms with van der Waals surface area (Å²) in [7, 11) is 0. The first kappa shape index (κ1) is 22.4. The van der Waals surface area contributed by atoms with E-state index in [1.54, 1.807) is 4.90 Å². The van der Waals surface area contributed by atoms with Crippen LogP contribution in [0.5, 0.6) is 0 Å². The van der Waals surface area contributed by atoms with Crippen molar-refractivity contribution in [2.75, 3.05) is 44.2 Å². The lowest BCUT2D eigenvalue weighted by atomic mass is 10.0. The first-order chi connectivity index (χ1) is 13.3. The number of alkyl halides is 3. The van der Waals surface area contributed by atoms with E-state index in [1.165, 1.54) is 6.07 Å². The Kier molecular flexibility index (Phi) is 6.27. The number of amides is 1. The van der Waals surface area contributed by atoms with Crippen LogP contribution in [-0.2, 0) is 10.9 Å². The molecule has 0 unspecified atom stereocenters. The normalized spacial score (nSPS) is 19.3. The van der Waals surface area contributed by atoms with Gasteiger partial charge in [0.15, 0.2) is 5.69 Å². The molecule has 29 heavy (non-hydrogen) atoms. The van der Waals surface area contributed by atoms with E-state index in [1.807, 2.05) is 25.7 Å². The molecule has 0 atom stereocenters. The van der Waals surface area contributed by atoms with Gasteiger partial charge in [0.1, 0.15) is 10.8 Å². The summed E-state index contributed by atoms with van der Waals surface area (Å²) in [6, 6.07) is 1.65. The number of carbonyl (C=O) groups excluding carboxylic acids is 1. The molecule has 3 rings (SSSR count). The van der Waals surface area contributed by atoms with Crippen molar-refractivity contribution in [2.45, 2.75) is 38.6 Å². The monoisotopic (exact) mass is 498 g/mol. The van der Waals surface area contributed by atoms with E-state index < -0.39 is 17.5 Å². The van der Waals surface area contributed by atoms with E-state index in [0.717, 1.165) is 0 Å². The van der Waals surface area contributed by atoms with Crippen molar-refractivity contribution in [3.05, 3.63) is 21.4 Å². The number of hydrogen-bond acceptors (Lipinski definition) is 5. The van der Waals surface area contributed by atoms with Crippen molar-refractivity contribution in [1.29, 1.82) is 0 Å². The number of hydrogen-bond donors (Lipinski definition) is 0. The summed E-state index contributed by atoms with van der Waals surface area (Å²) in [5, 5.41) is -0.190. The molecule has 0 bridgehead atoms. The summed E-state index contributed by atoms with van der Waals surface area (Å²) in [4.78, 5) is 21.3. The molecule has 6 nitrogen and oxygen atoms in total. The number of rotatable bonds is 2. The van der Waals surface area contributed by atoms with Crippen LogP contribution in [0, 0.1) is 0 Å². The Morgan fingerprint density at radius 3 is 2.31 bits per heavy atom. The van der Waals surface area contributed by atoms with Crippen molar-refractivity contribution in [2.24, 2.45) is 0 Å². The lowest BCUT2D eigenvalue weighted by Crippen LogP contribution is -2.63. The van der Waals surface area contributed by atoms with Gasteiger partial charge >= 0.3 is 12.3 Å². The minimum Gasteiger partial charge on any atom is -0.444 e. The fourth-order valence-corrected chi connectivity index (χ4v) is 4.25. The zero-order valence-corrected chi connectivity index (χ0v) is 18.7. The summed E-state index contributed by atoms with van der Waals surface area (Å²) in [6.45, 7) is 9.19. The standard InChI is InChI=1S/C18H23BrClF3N4O2/c1-17(2,3)29-16(28)26-6-4-25(5-7-26)11-9-27(10-11)12-8-13(20)24-15(14(12)19)18(21,22)23/h8,11H,4-7,9-10H2,1-3H3. The maximum atomic E-state index is 13.1. The van der Waals surface area contributed by atoms with Gasteiger partial charge in [-0.2, -0.15) is 13.2 Å². The van der Waals surface area contributed by atoms with Crippen LogP contribution in [-0.4, -0.2) is 71.8 Å². The molecule has 11 heteroatoms. The number of aromatic nitrogens is 1. The van der Waals surface area contributed by atoms with Gasteiger partial charge in [-0.3, -0.25) is 4.90 Å². The highest BCUT2D eigenvalue weighted by Gasteiger charge is 2.40. The van der Waals surface area contributed by atoms with Gasteiger partial charge in [-0.25, -0.2) is 9.78 Å². The second-order valence-electron chi connectivity index (χ2n) is 8.19. The Balaban J connectivity index is 1.56. The van der Waals surface area contributed by atoms with Crippen LogP contribution < -0.4 is 4.90 Å². The molecule has 2 saturated heterocycles. The molecule has 0 radical (unpaired) electrons. The molecule has 2 aliphatic heterocycles. The van der Waals surface area contributed by atoms with Crippen LogP contribution in [0.25, 0.3) is 0 Å².